The molecule has 3 rings (SSSR count). The first-order valence-corrected chi connectivity index (χ1v) is 6.19. The SMILES string of the molecule is CC1(C)Nc2c3c(cc(C(F)(F)F)c2NC1=O)OCC3. The molecule has 0 aliphatic carbocycles. The molecule has 0 unspecified atom stereocenters. The molecule has 0 radical (unpaired) electrons. The van der Waals surface area contributed by atoms with Crippen molar-refractivity contribution in [3.63, 3.8) is 0 Å². The zero-order valence-corrected chi connectivity index (χ0v) is 10.9. The van der Waals surface area contributed by atoms with Gasteiger partial charge in [0, 0.05) is 12.0 Å². The van der Waals surface area contributed by atoms with Crippen LogP contribution in [-0.2, 0) is 17.4 Å². The minimum Gasteiger partial charge on any atom is -0.493 e. The van der Waals surface area contributed by atoms with Gasteiger partial charge in [0.05, 0.1) is 23.5 Å². The van der Waals surface area contributed by atoms with Crippen LogP contribution in [0.3, 0.4) is 0 Å². The number of hydrogen-bond donors (Lipinski definition) is 2. The molecule has 108 valence electrons. The molecular formula is C13H13F3N2O2. The topological polar surface area (TPSA) is 50.4 Å². The molecule has 1 aromatic carbocycles. The fraction of sp³-hybridized carbons (Fsp3) is 0.462. The summed E-state index contributed by atoms with van der Waals surface area (Å²) in [6.07, 6.45) is -4.03. The Morgan fingerprint density at radius 1 is 1.30 bits per heavy atom. The zero-order valence-electron chi connectivity index (χ0n) is 10.9. The summed E-state index contributed by atoms with van der Waals surface area (Å²) in [6, 6.07) is 0.960. The van der Waals surface area contributed by atoms with E-state index < -0.39 is 23.2 Å². The van der Waals surface area contributed by atoms with Gasteiger partial charge in [-0.25, -0.2) is 0 Å². The van der Waals surface area contributed by atoms with Crippen molar-refractivity contribution in [2.75, 3.05) is 17.2 Å². The number of fused-ring (bicyclic) bond motifs is 3. The molecule has 0 saturated carbocycles. The second-order valence-electron chi connectivity index (χ2n) is 5.45. The number of halogens is 3. The molecule has 1 amide bonds. The Hall–Kier alpha value is -1.92. The quantitative estimate of drug-likeness (QED) is 0.771. The Morgan fingerprint density at radius 2 is 2.00 bits per heavy atom. The van der Waals surface area contributed by atoms with Crippen LogP contribution in [0.15, 0.2) is 6.07 Å². The molecule has 2 aliphatic heterocycles. The predicted molar refractivity (Wildman–Crippen MR) is 67.0 cm³/mol. The van der Waals surface area contributed by atoms with Crippen LogP contribution >= 0.6 is 0 Å². The highest BCUT2D eigenvalue weighted by Crippen LogP contribution is 2.48. The van der Waals surface area contributed by atoms with Crippen molar-refractivity contribution >= 4 is 17.3 Å². The third-order valence-electron chi connectivity index (χ3n) is 3.55. The van der Waals surface area contributed by atoms with E-state index in [0.29, 0.717) is 24.3 Å². The van der Waals surface area contributed by atoms with Crippen LogP contribution in [0.1, 0.15) is 25.0 Å². The first kappa shape index (κ1) is 13.1. The van der Waals surface area contributed by atoms with E-state index in [1.165, 1.54) is 0 Å². The van der Waals surface area contributed by atoms with Crippen molar-refractivity contribution in [1.82, 2.24) is 0 Å². The fourth-order valence-corrected chi connectivity index (χ4v) is 2.47. The normalized spacial score (nSPS) is 19.6. The van der Waals surface area contributed by atoms with E-state index >= 15 is 0 Å². The number of carbonyl (C=O) groups excluding carboxylic acids is 1. The molecule has 0 aromatic heterocycles. The summed E-state index contributed by atoms with van der Waals surface area (Å²) in [5.74, 6) is -0.259. The van der Waals surface area contributed by atoms with Crippen molar-refractivity contribution in [2.24, 2.45) is 0 Å². The maximum absolute atomic E-state index is 13.1. The lowest BCUT2D eigenvalue weighted by atomic mass is 9.94. The molecule has 4 nitrogen and oxygen atoms in total. The maximum atomic E-state index is 13.1. The molecule has 0 fully saturated rings. The maximum Gasteiger partial charge on any atom is 0.418 e. The fourth-order valence-electron chi connectivity index (χ4n) is 2.47. The number of amides is 1. The van der Waals surface area contributed by atoms with Gasteiger partial charge in [-0.2, -0.15) is 13.2 Å². The number of hydrogen-bond acceptors (Lipinski definition) is 3. The Balaban J connectivity index is 2.25. The second-order valence-corrected chi connectivity index (χ2v) is 5.45. The van der Waals surface area contributed by atoms with Crippen molar-refractivity contribution in [3.05, 3.63) is 17.2 Å². The highest BCUT2D eigenvalue weighted by Gasteiger charge is 2.43. The summed E-state index contributed by atoms with van der Waals surface area (Å²) in [6.45, 7) is 3.58. The largest absolute Gasteiger partial charge is 0.493 e. The minimum atomic E-state index is -4.55. The van der Waals surface area contributed by atoms with Gasteiger partial charge in [0.25, 0.3) is 0 Å². The van der Waals surface area contributed by atoms with Crippen LogP contribution in [-0.4, -0.2) is 18.1 Å². The average molecular weight is 286 g/mol. The molecular weight excluding hydrogens is 273 g/mol. The summed E-state index contributed by atoms with van der Waals surface area (Å²) >= 11 is 0. The van der Waals surface area contributed by atoms with Gasteiger partial charge in [-0.05, 0) is 19.9 Å². The third kappa shape index (κ3) is 1.80. The van der Waals surface area contributed by atoms with Gasteiger partial charge in [0.2, 0.25) is 5.91 Å². The van der Waals surface area contributed by atoms with Crippen LogP contribution in [0.4, 0.5) is 24.5 Å². The van der Waals surface area contributed by atoms with E-state index in [1.807, 2.05) is 0 Å². The lowest BCUT2D eigenvalue weighted by Gasteiger charge is -2.35. The number of rotatable bonds is 0. The number of ether oxygens (including phenoxy) is 1. The average Bonchev–Trinajstić information content (AvgIpc) is 2.76. The van der Waals surface area contributed by atoms with Crippen LogP contribution in [0.25, 0.3) is 0 Å². The van der Waals surface area contributed by atoms with Gasteiger partial charge >= 0.3 is 6.18 Å². The molecule has 2 aliphatic rings. The molecule has 0 saturated heterocycles. The lowest BCUT2D eigenvalue weighted by Crippen LogP contribution is -2.48. The summed E-state index contributed by atoms with van der Waals surface area (Å²) < 4.78 is 44.6. The van der Waals surface area contributed by atoms with Crippen molar-refractivity contribution in [3.8, 4) is 5.75 Å². The van der Waals surface area contributed by atoms with E-state index in [0.717, 1.165) is 6.07 Å². The van der Waals surface area contributed by atoms with E-state index in [4.69, 9.17) is 4.74 Å². The number of anilines is 2. The first-order chi connectivity index (χ1) is 9.20. The number of alkyl halides is 3. The predicted octanol–water partition coefficient (Wildman–Crippen LogP) is 2.78. The number of benzene rings is 1. The van der Waals surface area contributed by atoms with Crippen LogP contribution in [0.5, 0.6) is 5.75 Å². The Morgan fingerprint density at radius 3 is 2.65 bits per heavy atom. The lowest BCUT2D eigenvalue weighted by molar-refractivity contribution is -0.137. The highest BCUT2D eigenvalue weighted by atomic mass is 19.4. The summed E-state index contributed by atoms with van der Waals surface area (Å²) in [7, 11) is 0. The van der Waals surface area contributed by atoms with Crippen LogP contribution in [0, 0.1) is 0 Å². The van der Waals surface area contributed by atoms with E-state index in [9.17, 15) is 18.0 Å². The minimum absolute atomic E-state index is 0.203. The molecule has 7 heteroatoms. The molecule has 0 spiro atoms. The standard InChI is InChI=1S/C13H13F3N2O2/c1-12(2)11(19)17-10-7(13(14,15)16)5-8-6(3-4-20-8)9(10)18-12/h5,18H,3-4H2,1-2H3,(H,17,19). The van der Waals surface area contributed by atoms with Crippen molar-refractivity contribution in [2.45, 2.75) is 32.0 Å². The first-order valence-electron chi connectivity index (χ1n) is 6.19. The van der Waals surface area contributed by atoms with Crippen molar-refractivity contribution in [1.29, 1.82) is 0 Å². The molecule has 2 N–H and O–H groups in total. The van der Waals surface area contributed by atoms with E-state index in [1.54, 1.807) is 13.8 Å². The van der Waals surface area contributed by atoms with Gasteiger partial charge in [-0.15, -0.1) is 0 Å². The monoisotopic (exact) mass is 286 g/mol. The van der Waals surface area contributed by atoms with Gasteiger partial charge < -0.3 is 15.4 Å². The second kappa shape index (κ2) is 3.80. The van der Waals surface area contributed by atoms with Crippen molar-refractivity contribution < 1.29 is 22.7 Å². The summed E-state index contributed by atoms with van der Waals surface area (Å²) in [4.78, 5) is 11.9. The van der Waals surface area contributed by atoms with Gasteiger partial charge in [0.1, 0.15) is 11.3 Å². The van der Waals surface area contributed by atoms with Gasteiger partial charge in [-0.3, -0.25) is 4.79 Å². The molecule has 0 bridgehead atoms. The molecule has 1 aromatic rings. The highest BCUT2D eigenvalue weighted by molar-refractivity contribution is 6.07. The van der Waals surface area contributed by atoms with E-state index in [-0.39, 0.29) is 11.4 Å². The molecule has 2 heterocycles. The summed E-state index contributed by atoms with van der Waals surface area (Å²) in [5.41, 5.74) is -1.05. The zero-order chi connectivity index (χ0) is 14.7. The molecule has 0 atom stereocenters. The summed E-state index contributed by atoms with van der Waals surface area (Å²) in [5, 5.41) is 5.28. The van der Waals surface area contributed by atoms with E-state index in [2.05, 4.69) is 10.6 Å². The van der Waals surface area contributed by atoms with Gasteiger partial charge in [0.15, 0.2) is 0 Å². The Labute approximate surface area is 113 Å². The third-order valence-corrected chi connectivity index (χ3v) is 3.55. The van der Waals surface area contributed by atoms with Gasteiger partial charge in [-0.1, -0.05) is 0 Å². The smallest absolute Gasteiger partial charge is 0.418 e. The number of carbonyl (C=O) groups is 1. The van der Waals surface area contributed by atoms with Crippen LogP contribution < -0.4 is 15.4 Å². The number of nitrogens with one attached hydrogen (secondary N) is 2. The van der Waals surface area contributed by atoms with Crippen LogP contribution in [0.2, 0.25) is 0 Å². The molecule has 20 heavy (non-hydrogen) atoms. The Bertz CT molecular complexity index is 609. The Kier molecular flexibility index (Phi) is 2.49.